The Morgan fingerprint density at radius 3 is 2.61 bits per heavy atom. The molecule has 0 fully saturated rings. The van der Waals surface area contributed by atoms with E-state index in [1.54, 1.807) is 0 Å². The average molecular weight is 249 g/mol. The molecule has 0 aliphatic carbocycles. The Morgan fingerprint density at radius 1 is 1.22 bits per heavy atom. The molecule has 1 rings (SSSR count). The summed E-state index contributed by atoms with van der Waals surface area (Å²) in [6.07, 6.45) is 3.65. The number of carbonyl (C=O) groups is 1. The molecule has 3 heteroatoms. The first kappa shape index (κ1) is 14.6. The van der Waals surface area contributed by atoms with E-state index in [4.69, 9.17) is 4.74 Å². The van der Waals surface area contributed by atoms with Gasteiger partial charge in [-0.3, -0.25) is 4.79 Å². The first-order valence-corrected chi connectivity index (χ1v) is 6.68. The number of hydrogen-bond donors (Lipinski definition) is 1. The lowest BCUT2D eigenvalue weighted by Crippen LogP contribution is -2.12. The normalized spacial score (nSPS) is 10.1. The molecular weight excluding hydrogens is 226 g/mol. The van der Waals surface area contributed by atoms with Crippen molar-refractivity contribution in [3.63, 3.8) is 0 Å². The minimum atomic E-state index is -0.120. The smallest absolute Gasteiger partial charge is 0.307 e. The summed E-state index contributed by atoms with van der Waals surface area (Å²) in [7, 11) is 0. The fourth-order valence-corrected chi connectivity index (χ4v) is 1.59. The molecule has 0 saturated carbocycles. The minimum absolute atomic E-state index is 0.120. The monoisotopic (exact) mass is 249 g/mol. The van der Waals surface area contributed by atoms with Gasteiger partial charge < -0.3 is 10.1 Å². The van der Waals surface area contributed by atoms with E-state index in [0.29, 0.717) is 19.6 Å². The Balaban J connectivity index is 2.10. The third-order valence-electron chi connectivity index (χ3n) is 2.72. The Morgan fingerprint density at radius 2 is 1.94 bits per heavy atom. The second-order valence-electron chi connectivity index (χ2n) is 4.47. The van der Waals surface area contributed by atoms with E-state index >= 15 is 0 Å². The van der Waals surface area contributed by atoms with Crippen molar-refractivity contribution in [1.29, 1.82) is 0 Å². The van der Waals surface area contributed by atoms with Crippen molar-refractivity contribution in [2.24, 2.45) is 0 Å². The molecule has 1 aromatic rings. The number of unbranched alkanes of at least 4 members (excludes halogenated alkanes) is 2. The third kappa shape index (κ3) is 6.28. The fraction of sp³-hybridized carbons (Fsp3) is 0.533. The molecule has 18 heavy (non-hydrogen) atoms. The Bertz CT molecular complexity index is 346. The molecule has 0 bridgehead atoms. The van der Waals surface area contributed by atoms with Gasteiger partial charge in [-0.05, 0) is 25.5 Å². The number of esters is 1. The maximum absolute atomic E-state index is 11.4. The molecule has 0 atom stereocenters. The van der Waals surface area contributed by atoms with Crippen LogP contribution in [-0.2, 0) is 9.53 Å². The zero-order valence-corrected chi connectivity index (χ0v) is 11.4. The fourth-order valence-electron chi connectivity index (χ4n) is 1.59. The van der Waals surface area contributed by atoms with Crippen molar-refractivity contribution in [2.45, 2.75) is 39.5 Å². The maximum Gasteiger partial charge on any atom is 0.307 e. The van der Waals surface area contributed by atoms with Crippen molar-refractivity contribution < 1.29 is 9.53 Å². The molecule has 3 nitrogen and oxygen atoms in total. The predicted molar refractivity (Wildman–Crippen MR) is 74.8 cm³/mol. The van der Waals surface area contributed by atoms with Crippen LogP contribution in [0.15, 0.2) is 24.3 Å². The number of ether oxygens (including phenoxy) is 1. The predicted octanol–water partition coefficient (Wildman–Crippen LogP) is 3.53. The average Bonchev–Trinajstić information content (AvgIpc) is 2.37. The summed E-state index contributed by atoms with van der Waals surface area (Å²) in [4.78, 5) is 11.4. The SMILES string of the molecule is CCCCCOC(=O)CCNc1ccc(C)cc1. The van der Waals surface area contributed by atoms with Crippen LogP contribution >= 0.6 is 0 Å². The number of carbonyl (C=O) groups excluding carboxylic acids is 1. The summed E-state index contributed by atoms with van der Waals surface area (Å²) in [5, 5.41) is 3.20. The summed E-state index contributed by atoms with van der Waals surface area (Å²) in [5.74, 6) is -0.120. The highest BCUT2D eigenvalue weighted by molar-refractivity contribution is 5.70. The van der Waals surface area contributed by atoms with Crippen LogP contribution in [0.5, 0.6) is 0 Å². The Labute approximate surface area is 110 Å². The van der Waals surface area contributed by atoms with Gasteiger partial charge in [0.1, 0.15) is 0 Å². The first-order chi connectivity index (χ1) is 8.72. The summed E-state index contributed by atoms with van der Waals surface area (Å²) in [5.41, 5.74) is 2.27. The van der Waals surface area contributed by atoms with Gasteiger partial charge in [0.2, 0.25) is 0 Å². The summed E-state index contributed by atoms with van der Waals surface area (Å²) >= 11 is 0. The zero-order chi connectivity index (χ0) is 13.2. The molecule has 0 radical (unpaired) electrons. The van der Waals surface area contributed by atoms with Crippen molar-refractivity contribution in [1.82, 2.24) is 0 Å². The second kappa shape index (κ2) is 8.56. The zero-order valence-electron chi connectivity index (χ0n) is 11.4. The van der Waals surface area contributed by atoms with E-state index in [-0.39, 0.29) is 5.97 Å². The Hall–Kier alpha value is -1.51. The largest absolute Gasteiger partial charge is 0.466 e. The van der Waals surface area contributed by atoms with Gasteiger partial charge in [-0.25, -0.2) is 0 Å². The highest BCUT2D eigenvalue weighted by atomic mass is 16.5. The molecule has 0 amide bonds. The molecule has 0 unspecified atom stereocenters. The molecule has 0 aliphatic heterocycles. The number of aryl methyl sites for hydroxylation is 1. The number of anilines is 1. The second-order valence-corrected chi connectivity index (χ2v) is 4.47. The van der Waals surface area contributed by atoms with Gasteiger partial charge in [0.05, 0.1) is 13.0 Å². The number of benzene rings is 1. The molecule has 0 aromatic heterocycles. The van der Waals surface area contributed by atoms with Crippen LogP contribution in [0, 0.1) is 6.92 Å². The van der Waals surface area contributed by atoms with E-state index in [1.165, 1.54) is 5.56 Å². The molecule has 100 valence electrons. The van der Waals surface area contributed by atoms with Gasteiger partial charge in [0, 0.05) is 12.2 Å². The van der Waals surface area contributed by atoms with Crippen LogP contribution in [0.1, 0.15) is 38.2 Å². The molecule has 1 aromatic carbocycles. The van der Waals surface area contributed by atoms with Gasteiger partial charge in [0.15, 0.2) is 0 Å². The lowest BCUT2D eigenvalue weighted by atomic mass is 10.2. The molecular formula is C15H23NO2. The molecule has 1 N–H and O–H groups in total. The van der Waals surface area contributed by atoms with E-state index in [1.807, 2.05) is 24.3 Å². The molecule has 0 heterocycles. The van der Waals surface area contributed by atoms with Crippen molar-refractivity contribution >= 4 is 11.7 Å². The lowest BCUT2D eigenvalue weighted by Gasteiger charge is -2.07. The van der Waals surface area contributed by atoms with Gasteiger partial charge in [-0.1, -0.05) is 37.5 Å². The van der Waals surface area contributed by atoms with E-state index in [2.05, 4.69) is 19.2 Å². The summed E-state index contributed by atoms with van der Waals surface area (Å²) in [6.45, 7) is 5.36. The number of hydrogen-bond acceptors (Lipinski definition) is 3. The molecule has 0 aliphatic rings. The lowest BCUT2D eigenvalue weighted by molar-refractivity contribution is -0.143. The number of nitrogens with one attached hydrogen (secondary N) is 1. The van der Waals surface area contributed by atoms with Gasteiger partial charge >= 0.3 is 5.97 Å². The minimum Gasteiger partial charge on any atom is -0.466 e. The van der Waals surface area contributed by atoms with Gasteiger partial charge in [-0.2, -0.15) is 0 Å². The van der Waals surface area contributed by atoms with Crippen LogP contribution in [0.4, 0.5) is 5.69 Å². The summed E-state index contributed by atoms with van der Waals surface area (Å²) in [6, 6.07) is 8.13. The van der Waals surface area contributed by atoms with Crippen LogP contribution in [-0.4, -0.2) is 19.1 Å². The van der Waals surface area contributed by atoms with E-state index in [0.717, 1.165) is 24.9 Å². The van der Waals surface area contributed by atoms with Crippen molar-refractivity contribution in [2.75, 3.05) is 18.5 Å². The van der Waals surface area contributed by atoms with Crippen LogP contribution in [0.3, 0.4) is 0 Å². The highest BCUT2D eigenvalue weighted by Gasteiger charge is 2.01. The van der Waals surface area contributed by atoms with Gasteiger partial charge in [-0.15, -0.1) is 0 Å². The first-order valence-electron chi connectivity index (χ1n) is 6.68. The van der Waals surface area contributed by atoms with E-state index in [9.17, 15) is 4.79 Å². The standard InChI is InChI=1S/C15H23NO2/c1-3-4-5-12-18-15(17)10-11-16-14-8-6-13(2)7-9-14/h6-9,16H,3-5,10-12H2,1-2H3. The van der Waals surface area contributed by atoms with E-state index < -0.39 is 0 Å². The van der Waals surface area contributed by atoms with Crippen molar-refractivity contribution in [3.05, 3.63) is 29.8 Å². The quantitative estimate of drug-likeness (QED) is 0.566. The van der Waals surface area contributed by atoms with Crippen molar-refractivity contribution in [3.8, 4) is 0 Å². The van der Waals surface area contributed by atoms with Crippen LogP contribution in [0.2, 0.25) is 0 Å². The maximum atomic E-state index is 11.4. The van der Waals surface area contributed by atoms with Crippen LogP contribution in [0.25, 0.3) is 0 Å². The van der Waals surface area contributed by atoms with Crippen LogP contribution < -0.4 is 5.32 Å². The summed E-state index contributed by atoms with van der Waals surface area (Å²) < 4.78 is 5.12. The van der Waals surface area contributed by atoms with Gasteiger partial charge in [0.25, 0.3) is 0 Å². The number of rotatable bonds is 8. The highest BCUT2D eigenvalue weighted by Crippen LogP contribution is 2.08. The molecule has 0 saturated heterocycles. The molecule has 0 spiro atoms. The topological polar surface area (TPSA) is 38.3 Å². The third-order valence-corrected chi connectivity index (χ3v) is 2.72. The Kier molecular flexibility index (Phi) is 6.92.